The predicted molar refractivity (Wildman–Crippen MR) is 109 cm³/mol. The third-order valence-electron chi connectivity index (χ3n) is 4.69. The Bertz CT molecular complexity index is 865. The number of benzene rings is 1. The Morgan fingerprint density at radius 2 is 2.17 bits per heavy atom. The van der Waals surface area contributed by atoms with Gasteiger partial charge in [0.05, 0.1) is 42.9 Å². The Morgan fingerprint density at radius 1 is 1.45 bits per heavy atom. The lowest BCUT2D eigenvalue weighted by atomic mass is 9.90. The van der Waals surface area contributed by atoms with Crippen molar-refractivity contribution in [1.82, 2.24) is 9.88 Å². The summed E-state index contributed by atoms with van der Waals surface area (Å²) in [6.45, 7) is 8.90. The molecule has 1 aromatic carbocycles. The third kappa shape index (κ3) is 5.60. The van der Waals surface area contributed by atoms with Gasteiger partial charge in [-0.15, -0.1) is 6.58 Å². The van der Waals surface area contributed by atoms with Crippen molar-refractivity contribution >= 4 is 16.6 Å². The van der Waals surface area contributed by atoms with Crippen LogP contribution in [0.25, 0.3) is 10.9 Å². The van der Waals surface area contributed by atoms with Gasteiger partial charge >= 0.3 is 5.69 Å². The molecule has 0 radical (unpaired) electrons. The van der Waals surface area contributed by atoms with Crippen LogP contribution in [0, 0.1) is 15.9 Å². The topological polar surface area (TPSA) is 110 Å². The molecule has 2 rings (SSSR count). The molecule has 3 N–H and O–H groups in total. The van der Waals surface area contributed by atoms with Crippen molar-refractivity contribution in [2.24, 2.45) is 0 Å². The number of hydrogen-bond donors (Lipinski definition) is 3. The highest BCUT2D eigenvalue weighted by atomic mass is 19.1. The quantitative estimate of drug-likeness (QED) is 0.214. The summed E-state index contributed by atoms with van der Waals surface area (Å²) < 4.78 is 21.2. The summed E-state index contributed by atoms with van der Waals surface area (Å²) in [6.07, 6.45) is 0.858. The number of aliphatic hydroxyl groups excluding tert-OH is 2. The Morgan fingerprint density at radius 3 is 2.79 bits per heavy atom. The molecular weight excluding hydrogens is 381 g/mol. The number of halogens is 1. The molecule has 160 valence electrons. The van der Waals surface area contributed by atoms with Crippen molar-refractivity contribution in [2.45, 2.75) is 31.9 Å². The fraction of sp³-hybridized carbons (Fsp3) is 0.500. The molecule has 2 aromatic rings. The second kappa shape index (κ2) is 9.93. The Kier molecular flexibility index (Phi) is 7.86. The zero-order chi connectivity index (χ0) is 21.6. The zero-order valence-corrected chi connectivity index (χ0v) is 16.7. The molecule has 0 unspecified atom stereocenters. The number of fused-ring (bicyclic) bond motifs is 1. The van der Waals surface area contributed by atoms with Gasteiger partial charge in [-0.2, -0.15) is 4.39 Å². The standard InChI is InChI=1S/C20H28FN3O5/c1-4-6-29-7-5-22-11-15(26)12-23-17-10-16(21)18(24(27)28)8-14(17)9-19(23)20(2,3)13-25/h4,8-10,15,22,25-26H,1,5-7,11-13H2,2-3H3/t15-/m0/s1. The minimum atomic E-state index is -0.942. The maximum atomic E-state index is 14.2. The molecule has 0 bridgehead atoms. The molecule has 0 aliphatic rings. The van der Waals surface area contributed by atoms with Crippen molar-refractivity contribution in [3.63, 3.8) is 0 Å². The first kappa shape index (κ1) is 23.0. The van der Waals surface area contributed by atoms with Gasteiger partial charge in [0.25, 0.3) is 0 Å². The SMILES string of the molecule is C=CCOCCNC[C@H](O)Cn1c(C(C)(C)CO)cc2cc([N+](=O)[O-])c(F)cc21. The first-order chi connectivity index (χ1) is 13.7. The molecule has 0 saturated carbocycles. The second-order valence-corrected chi connectivity index (χ2v) is 7.52. The largest absolute Gasteiger partial charge is 0.395 e. The summed E-state index contributed by atoms with van der Waals surface area (Å²) in [7, 11) is 0. The first-order valence-corrected chi connectivity index (χ1v) is 9.37. The van der Waals surface area contributed by atoms with E-state index in [0.717, 1.165) is 6.07 Å². The number of ether oxygens (including phenoxy) is 1. The van der Waals surface area contributed by atoms with Crippen molar-refractivity contribution < 1.29 is 24.3 Å². The van der Waals surface area contributed by atoms with Crippen molar-refractivity contribution in [3.05, 3.63) is 52.5 Å². The summed E-state index contributed by atoms with van der Waals surface area (Å²) in [4.78, 5) is 10.3. The number of hydrogen-bond acceptors (Lipinski definition) is 6. The van der Waals surface area contributed by atoms with Gasteiger partial charge in [0.15, 0.2) is 0 Å². The molecule has 9 heteroatoms. The van der Waals surface area contributed by atoms with E-state index in [0.29, 0.717) is 36.4 Å². The summed E-state index contributed by atoms with van der Waals surface area (Å²) in [5.74, 6) is -0.942. The zero-order valence-electron chi connectivity index (χ0n) is 16.7. The van der Waals surface area contributed by atoms with E-state index >= 15 is 0 Å². The number of nitro groups is 1. The molecule has 1 atom stereocenters. The highest BCUT2D eigenvalue weighted by molar-refractivity contribution is 5.84. The van der Waals surface area contributed by atoms with E-state index in [1.54, 1.807) is 16.7 Å². The lowest BCUT2D eigenvalue weighted by molar-refractivity contribution is -0.387. The molecule has 8 nitrogen and oxygen atoms in total. The highest BCUT2D eigenvalue weighted by Gasteiger charge is 2.28. The highest BCUT2D eigenvalue weighted by Crippen LogP contribution is 2.33. The van der Waals surface area contributed by atoms with E-state index < -0.39 is 27.9 Å². The van der Waals surface area contributed by atoms with Crippen LogP contribution in [0.15, 0.2) is 30.9 Å². The van der Waals surface area contributed by atoms with E-state index in [9.17, 15) is 24.7 Å². The number of aromatic nitrogens is 1. The monoisotopic (exact) mass is 409 g/mol. The average molecular weight is 409 g/mol. The van der Waals surface area contributed by atoms with E-state index in [2.05, 4.69) is 11.9 Å². The predicted octanol–water partition coefficient (Wildman–Crippen LogP) is 2.11. The van der Waals surface area contributed by atoms with E-state index in [1.807, 2.05) is 13.8 Å². The number of nitrogens with zero attached hydrogens (tertiary/aromatic N) is 2. The maximum absolute atomic E-state index is 14.2. The second-order valence-electron chi connectivity index (χ2n) is 7.52. The van der Waals surface area contributed by atoms with Crippen LogP contribution in [-0.4, -0.2) is 58.7 Å². The van der Waals surface area contributed by atoms with Crippen molar-refractivity contribution in [3.8, 4) is 0 Å². The molecule has 0 fully saturated rings. The van der Waals surface area contributed by atoms with Crippen LogP contribution < -0.4 is 5.32 Å². The Hall–Kier alpha value is -2.33. The first-order valence-electron chi connectivity index (χ1n) is 9.37. The van der Waals surface area contributed by atoms with Gasteiger partial charge in [-0.25, -0.2) is 0 Å². The molecule has 1 aromatic heterocycles. The number of nitrogens with one attached hydrogen (secondary N) is 1. The van der Waals surface area contributed by atoms with Crippen LogP contribution in [0.4, 0.5) is 10.1 Å². The molecule has 0 amide bonds. The van der Waals surface area contributed by atoms with E-state index in [-0.39, 0.29) is 19.7 Å². The minimum absolute atomic E-state index is 0.139. The number of rotatable bonds is 12. The molecule has 0 spiro atoms. The van der Waals surface area contributed by atoms with Crippen LogP contribution in [0.3, 0.4) is 0 Å². The van der Waals surface area contributed by atoms with Crippen LogP contribution in [-0.2, 0) is 16.7 Å². The van der Waals surface area contributed by atoms with Gasteiger partial charge < -0.3 is 24.8 Å². The molecule has 0 saturated heterocycles. The molecular formula is C20H28FN3O5. The van der Waals surface area contributed by atoms with Gasteiger partial charge in [-0.3, -0.25) is 10.1 Å². The van der Waals surface area contributed by atoms with Gasteiger partial charge in [0, 0.05) is 41.7 Å². The fourth-order valence-electron chi connectivity index (χ4n) is 3.11. The van der Waals surface area contributed by atoms with Gasteiger partial charge in [0.2, 0.25) is 5.82 Å². The smallest absolute Gasteiger partial charge is 0.305 e. The summed E-state index contributed by atoms with van der Waals surface area (Å²) in [6, 6.07) is 3.98. The van der Waals surface area contributed by atoms with Gasteiger partial charge in [0.1, 0.15) is 0 Å². The normalized spacial score (nSPS) is 13.0. The summed E-state index contributed by atoms with van der Waals surface area (Å²) >= 11 is 0. The minimum Gasteiger partial charge on any atom is -0.395 e. The third-order valence-corrected chi connectivity index (χ3v) is 4.69. The molecule has 1 heterocycles. The number of aliphatic hydroxyl groups is 2. The molecule has 0 aliphatic carbocycles. The van der Waals surface area contributed by atoms with Crippen molar-refractivity contribution in [1.29, 1.82) is 0 Å². The van der Waals surface area contributed by atoms with Crippen molar-refractivity contribution in [2.75, 3.05) is 32.9 Å². The average Bonchev–Trinajstić information content (AvgIpc) is 3.02. The lowest BCUT2D eigenvalue weighted by Gasteiger charge is -2.26. The van der Waals surface area contributed by atoms with Crippen LogP contribution in [0.2, 0.25) is 0 Å². The maximum Gasteiger partial charge on any atom is 0.305 e. The summed E-state index contributed by atoms with van der Waals surface area (Å²) in [5.41, 5.74) is -0.207. The van der Waals surface area contributed by atoms with Gasteiger partial charge in [-0.1, -0.05) is 19.9 Å². The fourth-order valence-corrected chi connectivity index (χ4v) is 3.11. The Balaban J connectivity index is 2.27. The van der Waals surface area contributed by atoms with Crippen LogP contribution in [0.1, 0.15) is 19.5 Å². The van der Waals surface area contributed by atoms with Gasteiger partial charge in [-0.05, 0) is 6.07 Å². The summed E-state index contributed by atoms with van der Waals surface area (Å²) in [5, 5.41) is 34.8. The molecule has 29 heavy (non-hydrogen) atoms. The Labute approximate surface area is 168 Å². The lowest BCUT2D eigenvalue weighted by Crippen LogP contribution is -2.34. The van der Waals surface area contributed by atoms with E-state index in [4.69, 9.17) is 4.74 Å². The van der Waals surface area contributed by atoms with E-state index in [1.165, 1.54) is 6.07 Å². The van der Waals surface area contributed by atoms with Crippen LogP contribution >= 0.6 is 0 Å². The molecule has 0 aliphatic heterocycles. The number of nitro benzene ring substituents is 1. The van der Waals surface area contributed by atoms with Crippen LogP contribution in [0.5, 0.6) is 0 Å².